The molecule has 2 saturated heterocycles. The fourth-order valence-corrected chi connectivity index (χ4v) is 3.18. The van der Waals surface area contributed by atoms with E-state index in [4.69, 9.17) is 9.47 Å². The first kappa shape index (κ1) is 18.8. The fourth-order valence-electron chi connectivity index (χ4n) is 3.18. The van der Waals surface area contributed by atoms with E-state index < -0.39 is 0 Å². The van der Waals surface area contributed by atoms with Crippen molar-refractivity contribution in [3.8, 4) is 0 Å². The van der Waals surface area contributed by atoms with E-state index >= 15 is 0 Å². The first-order valence-corrected chi connectivity index (χ1v) is 9.21. The molecule has 2 heterocycles. The van der Waals surface area contributed by atoms with Gasteiger partial charge in [-0.3, -0.25) is 9.59 Å². The third-order valence-corrected chi connectivity index (χ3v) is 4.67. The van der Waals surface area contributed by atoms with Gasteiger partial charge >= 0.3 is 0 Å². The van der Waals surface area contributed by atoms with Crippen LogP contribution in [0.4, 0.5) is 11.4 Å². The molecule has 0 atom stereocenters. The smallest absolute Gasteiger partial charge is 0.279 e. The SMILES string of the molecule is O=C(C[NH+]1CCOCC1)Nc1ccc(NC(=O)C[NH+]2CCOCC2)cc1. The number of hydrogen-bond donors (Lipinski definition) is 4. The molecule has 2 fully saturated rings. The van der Waals surface area contributed by atoms with Crippen molar-refractivity contribution in [2.45, 2.75) is 0 Å². The number of rotatable bonds is 6. The number of hydrogen-bond acceptors (Lipinski definition) is 4. The Morgan fingerprint density at radius 2 is 1.08 bits per heavy atom. The molecule has 0 aromatic heterocycles. The summed E-state index contributed by atoms with van der Waals surface area (Å²) in [6, 6.07) is 7.24. The highest BCUT2D eigenvalue weighted by Gasteiger charge is 2.19. The summed E-state index contributed by atoms with van der Waals surface area (Å²) < 4.78 is 10.6. The van der Waals surface area contributed by atoms with Gasteiger partial charge in [0, 0.05) is 11.4 Å². The van der Waals surface area contributed by atoms with Crippen LogP contribution in [0.1, 0.15) is 0 Å². The van der Waals surface area contributed by atoms with Crippen LogP contribution in [0.3, 0.4) is 0 Å². The number of carbonyl (C=O) groups is 2. The topological polar surface area (TPSA) is 85.5 Å². The van der Waals surface area contributed by atoms with Crippen molar-refractivity contribution in [2.24, 2.45) is 0 Å². The highest BCUT2D eigenvalue weighted by atomic mass is 16.5. The summed E-state index contributed by atoms with van der Waals surface area (Å²) >= 11 is 0. The molecule has 0 spiro atoms. The number of anilines is 2. The lowest BCUT2D eigenvalue weighted by atomic mass is 10.2. The van der Waals surface area contributed by atoms with Crippen molar-refractivity contribution in [1.29, 1.82) is 0 Å². The summed E-state index contributed by atoms with van der Waals surface area (Å²) in [7, 11) is 0. The molecule has 4 N–H and O–H groups in total. The molecular weight excluding hydrogens is 336 g/mol. The molecule has 0 unspecified atom stereocenters. The number of carbonyl (C=O) groups excluding carboxylic acids is 2. The molecule has 0 radical (unpaired) electrons. The molecule has 8 nitrogen and oxygen atoms in total. The standard InChI is InChI=1S/C18H26N4O4/c23-17(13-21-5-9-25-10-6-21)19-15-1-2-16(4-3-15)20-18(24)14-22-7-11-26-12-8-22/h1-4H,5-14H2,(H,19,23)(H,20,24)/p+2. The Kier molecular flexibility index (Phi) is 6.96. The molecular formula is C18H28N4O4+2. The van der Waals surface area contributed by atoms with Crippen LogP contribution < -0.4 is 20.4 Å². The van der Waals surface area contributed by atoms with Gasteiger partial charge in [-0.1, -0.05) is 0 Å². The zero-order valence-electron chi connectivity index (χ0n) is 15.0. The number of ether oxygens (including phenoxy) is 2. The van der Waals surface area contributed by atoms with Gasteiger partial charge in [0.05, 0.1) is 26.4 Å². The van der Waals surface area contributed by atoms with Crippen molar-refractivity contribution >= 4 is 23.2 Å². The second-order valence-corrected chi connectivity index (χ2v) is 6.75. The Balaban J connectivity index is 1.42. The lowest BCUT2D eigenvalue weighted by molar-refractivity contribution is -0.899. The van der Waals surface area contributed by atoms with Crippen molar-refractivity contribution in [3.05, 3.63) is 24.3 Å². The second-order valence-electron chi connectivity index (χ2n) is 6.75. The summed E-state index contributed by atoms with van der Waals surface area (Å²) in [5, 5.41) is 5.81. The predicted molar refractivity (Wildman–Crippen MR) is 96.5 cm³/mol. The number of morpholine rings is 2. The minimum absolute atomic E-state index is 0.00500. The van der Waals surface area contributed by atoms with Crippen molar-refractivity contribution < 1.29 is 28.9 Å². The molecule has 0 bridgehead atoms. The lowest BCUT2D eigenvalue weighted by Crippen LogP contribution is -3.15. The molecule has 3 rings (SSSR count). The average molecular weight is 364 g/mol. The number of quaternary nitrogens is 2. The van der Waals surface area contributed by atoms with Crippen molar-refractivity contribution in [2.75, 3.05) is 76.3 Å². The largest absolute Gasteiger partial charge is 0.370 e. The first-order valence-electron chi connectivity index (χ1n) is 9.21. The quantitative estimate of drug-likeness (QED) is 0.446. The monoisotopic (exact) mass is 364 g/mol. The summed E-state index contributed by atoms with van der Waals surface area (Å²) in [4.78, 5) is 26.7. The van der Waals surface area contributed by atoms with Crippen LogP contribution in [0.15, 0.2) is 24.3 Å². The lowest BCUT2D eigenvalue weighted by Gasteiger charge is -2.23. The third kappa shape index (κ3) is 6.06. The number of nitrogens with one attached hydrogen (secondary N) is 4. The van der Waals surface area contributed by atoms with Crippen LogP contribution >= 0.6 is 0 Å². The molecule has 2 amide bonds. The highest BCUT2D eigenvalue weighted by molar-refractivity contribution is 5.93. The number of benzene rings is 1. The Hall–Kier alpha value is -2.00. The van der Waals surface area contributed by atoms with Gasteiger partial charge < -0.3 is 29.9 Å². The van der Waals surface area contributed by atoms with Gasteiger partial charge in [-0.05, 0) is 24.3 Å². The van der Waals surface area contributed by atoms with Gasteiger partial charge in [-0.15, -0.1) is 0 Å². The van der Waals surface area contributed by atoms with Crippen molar-refractivity contribution in [3.63, 3.8) is 0 Å². The second kappa shape index (κ2) is 9.63. The molecule has 0 aliphatic carbocycles. The van der Waals surface area contributed by atoms with Crippen LogP contribution in [0.5, 0.6) is 0 Å². The maximum Gasteiger partial charge on any atom is 0.279 e. The van der Waals surface area contributed by atoms with E-state index in [-0.39, 0.29) is 11.8 Å². The predicted octanol–water partition coefficient (Wildman–Crippen LogP) is -2.61. The molecule has 26 heavy (non-hydrogen) atoms. The van der Waals surface area contributed by atoms with Gasteiger partial charge in [-0.25, -0.2) is 0 Å². The highest BCUT2D eigenvalue weighted by Crippen LogP contribution is 2.13. The van der Waals surface area contributed by atoms with Crippen LogP contribution in [-0.4, -0.2) is 77.5 Å². The van der Waals surface area contributed by atoms with Crippen LogP contribution in [0.2, 0.25) is 0 Å². The molecule has 2 aliphatic rings. The minimum Gasteiger partial charge on any atom is -0.370 e. The molecule has 8 heteroatoms. The van der Waals surface area contributed by atoms with Gasteiger partial charge in [0.1, 0.15) is 26.2 Å². The van der Waals surface area contributed by atoms with Crippen LogP contribution in [-0.2, 0) is 19.1 Å². The molecule has 1 aromatic carbocycles. The van der Waals surface area contributed by atoms with Crippen molar-refractivity contribution in [1.82, 2.24) is 0 Å². The van der Waals surface area contributed by atoms with E-state index in [9.17, 15) is 9.59 Å². The zero-order valence-corrected chi connectivity index (χ0v) is 15.0. The van der Waals surface area contributed by atoms with Gasteiger partial charge in [0.15, 0.2) is 13.1 Å². The zero-order chi connectivity index (χ0) is 18.2. The maximum atomic E-state index is 12.1. The van der Waals surface area contributed by atoms with Gasteiger partial charge in [0.25, 0.3) is 11.8 Å². The summed E-state index contributed by atoms with van der Waals surface area (Å²) in [5.74, 6) is -0.00999. The van der Waals surface area contributed by atoms with E-state index in [2.05, 4.69) is 10.6 Å². The Morgan fingerprint density at radius 3 is 1.42 bits per heavy atom. The normalized spacial score (nSPS) is 19.1. The molecule has 142 valence electrons. The van der Waals surface area contributed by atoms with E-state index in [0.717, 1.165) is 37.6 Å². The summed E-state index contributed by atoms with van der Waals surface area (Å²) in [6.07, 6.45) is 0. The Labute approximate surface area is 153 Å². The maximum absolute atomic E-state index is 12.1. The minimum atomic E-state index is -0.00500. The van der Waals surface area contributed by atoms with E-state index in [1.807, 2.05) is 24.3 Å². The average Bonchev–Trinajstić information content (AvgIpc) is 2.65. The van der Waals surface area contributed by atoms with Crippen LogP contribution in [0, 0.1) is 0 Å². The molecule has 1 aromatic rings. The fraction of sp³-hybridized carbons (Fsp3) is 0.556. The van der Waals surface area contributed by atoms with Gasteiger partial charge in [-0.2, -0.15) is 0 Å². The Morgan fingerprint density at radius 1 is 0.731 bits per heavy atom. The summed E-state index contributed by atoms with van der Waals surface area (Å²) in [5.41, 5.74) is 1.47. The molecule has 0 saturated carbocycles. The number of amides is 2. The third-order valence-electron chi connectivity index (χ3n) is 4.67. The van der Waals surface area contributed by atoms with Gasteiger partial charge in [0.2, 0.25) is 0 Å². The van der Waals surface area contributed by atoms with Crippen LogP contribution in [0.25, 0.3) is 0 Å². The van der Waals surface area contributed by atoms with E-state index in [1.54, 1.807) is 0 Å². The van der Waals surface area contributed by atoms with E-state index in [1.165, 1.54) is 9.80 Å². The molecule has 2 aliphatic heterocycles. The Bertz CT molecular complexity index is 543. The summed E-state index contributed by atoms with van der Waals surface area (Å²) in [6.45, 7) is 7.20. The first-order chi connectivity index (χ1) is 12.7. The van der Waals surface area contributed by atoms with E-state index in [0.29, 0.717) is 39.5 Å².